The van der Waals surface area contributed by atoms with Crippen LogP contribution in [0.25, 0.3) is 83.5 Å². The average Bonchev–Trinajstić information content (AvgIpc) is 3.96. The van der Waals surface area contributed by atoms with Crippen molar-refractivity contribution in [3.8, 4) is 55.8 Å². The van der Waals surface area contributed by atoms with Crippen molar-refractivity contribution < 1.29 is 0 Å². The molecule has 3 heterocycles. The topological polar surface area (TPSA) is 61.7 Å². The molecule has 0 bridgehead atoms. The number of rotatable bonds is 6. The number of fused-ring (bicyclic) bond motifs is 14. The van der Waals surface area contributed by atoms with Gasteiger partial charge in [-0.05, 0) is 125 Å². The van der Waals surface area contributed by atoms with E-state index in [0.717, 1.165) is 66.8 Å². The van der Waals surface area contributed by atoms with Crippen LogP contribution < -0.4 is 10.6 Å². The van der Waals surface area contributed by atoms with E-state index in [2.05, 4.69) is 241 Å². The standard InChI is InChI=1S/C68H45N5/c1-3-18-42(19-4-1)65-71-66(43-20-5-2-6-21-43)73-67(72-65)46-39-44(47-34-35-55(50-23-8-7-22-49(47)50)64-57-41-69-37-36-51(57)54-26-12-16-33-62(54)70-64)38-45(40-46)48-28-17-32-61-63(48)56-27-11-15-31-60(56)68(61)58-29-13-9-24-52(58)53-25-10-14-30-59(53)68/h1-40,67,69H,41H2,(H,71,72,73). The molecule has 0 amide bonds. The third kappa shape index (κ3) is 6.25. The summed E-state index contributed by atoms with van der Waals surface area (Å²) in [5, 5.41) is 10.8. The zero-order valence-electron chi connectivity index (χ0n) is 39.7. The van der Waals surface area contributed by atoms with Crippen molar-refractivity contribution in [1.82, 2.24) is 15.6 Å². The van der Waals surface area contributed by atoms with Gasteiger partial charge < -0.3 is 10.6 Å². The van der Waals surface area contributed by atoms with Gasteiger partial charge in [0.05, 0.1) is 16.6 Å². The van der Waals surface area contributed by atoms with Crippen LogP contribution in [0.4, 0.5) is 0 Å². The Balaban J connectivity index is 0.979. The molecule has 5 nitrogen and oxygen atoms in total. The van der Waals surface area contributed by atoms with Crippen LogP contribution in [0.3, 0.4) is 0 Å². The van der Waals surface area contributed by atoms with E-state index in [1.165, 1.54) is 66.6 Å². The van der Waals surface area contributed by atoms with Crippen LogP contribution in [-0.2, 0) is 12.0 Å². The smallest absolute Gasteiger partial charge is 0.159 e. The first-order valence-electron chi connectivity index (χ1n) is 25.2. The summed E-state index contributed by atoms with van der Waals surface area (Å²) in [4.78, 5) is 16.0. The minimum Gasteiger partial charge on any atom is -0.387 e. The molecule has 4 aliphatic rings. The number of nitrogens with zero attached hydrogens (tertiary/aromatic N) is 3. The molecule has 0 saturated carbocycles. The highest BCUT2D eigenvalue weighted by Crippen LogP contribution is 2.64. The molecule has 0 saturated heterocycles. The van der Waals surface area contributed by atoms with Gasteiger partial charge in [0.25, 0.3) is 0 Å². The molecular weight excluding hydrogens is 887 g/mol. The van der Waals surface area contributed by atoms with Gasteiger partial charge in [-0.1, -0.05) is 206 Å². The van der Waals surface area contributed by atoms with Crippen molar-refractivity contribution in [3.63, 3.8) is 0 Å². The van der Waals surface area contributed by atoms with Gasteiger partial charge in [-0.25, -0.2) is 15.0 Å². The summed E-state index contributed by atoms with van der Waals surface area (Å²) in [6.45, 7) is 0.706. The van der Waals surface area contributed by atoms with E-state index >= 15 is 0 Å². The Morgan fingerprint density at radius 2 is 1.00 bits per heavy atom. The summed E-state index contributed by atoms with van der Waals surface area (Å²) in [5.41, 5.74) is 23.0. The van der Waals surface area contributed by atoms with Crippen molar-refractivity contribution >= 4 is 39.4 Å². The van der Waals surface area contributed by atoms with Gasteiger partial charge in [0, 0.05) is 34.2 Å². The number of aliphatic imine (C=N–C) groups is 2. The van der Waals surface area contributed by atoms with E-state index in [-0.39, 0.29) is 0 Å². The SMILES string of the molecule is C1=Cc2c(c(-c3ccc(-c4cc(-c5cccc6c5-c5ccccc5C65c6ccccc6-c6ccccc65)cc(C5N=C(c6ccccc6)N=C(c6ccccc6)N5)c4)c4ccccc34)nc3ccccc23)CN1. The Kier molecular flexibility index (Phi) is 9.23. The maximum Gasteiger partial charge on any atom is 0.159 e. The quantitative estimate of drug-likeness (QED) is 0.175. The molecule has 2 aliphatic carbocycles. The zero-order chi connectivity index (χ0) is 48.0. The Morgan fingerprint density at radius 3 is 1.74 bits per heavy atom. The van der Waals surface area contributed by atoms with Gasteiger partial charge in [-0.2, -0.15) is 0 Å². The van der Waals surface area contributed by atoms with Crippen LogP contribution in [0.2, 0.25) is 0 Å². The van der Waals surface area contributed by atoms with Crippen molar-refractivity contribution in [3.05, 3.63) is 287 Å². The van der Waals surface area contributed by atoms with Gasteiger partial charge in [-0.15, -0.1) is 0 Å². The monoisotopic (exact) mass is 931 g/mol. The third-order valence-electron chi connectivity index (χ3n) is 15.6. The lowest BCUT2D eigenvalue weighted by Gasteiger charge is -2.30. The summed E-state index contributed by atoms with van der Waals surface area (Å²) in [6, 6.07) is 83.9. The fourth-order valence-corrected chi connectivity index (χ4v) is 12.5. The highest BCUT2D eigenvalue weighted by atomic mass is 15.2. The summed E-state index contributed by atoms with van der Waals surface area (Å²) >= 11 is 0. The van der Waals surface area contributed by atoms with Crippen molar-refractivity contribution in [2.45, 2.75) is 18.1 Å². The zero-order valence-corrected chi connectivity index (χ0v) is 39.7. The number of para-hydroxylation sites is 1. The van der Waals surface area contributed by atoms with Crippen molar-refractivity contribution in [2.75, 3.05) is 0 Å². The number of hydrogen-bond donors (Lipinski definition) is 2. The first kappa shape index (κ1) is 41.3. The fourth-order valence-electron chi connectivity index (χ4n) is 12.5. The highest BCUT2D eigenvalue weighted by molar-refractivity contribution is 6.13. The molecule has 0 fully saturated rings. The molecule has 342 valence electrons. The van der Waals surface area contributed by atoms with E-state index < -0.39 is 11.6 Å². The number of nitrogens with one attached hydrogen (secondary N) is 2. The van der Waals surface area contributed by atoms with E-state index in [0.29, 0.717) is 12.4 Å². The molecule has 10 aromatic carbocycles. The second-order valence-corrected chi connectivity index (χ2v) is 19.4. The molecule has 1 atom stereocenters. The summed E-state index contributed by atoms with van der Waals surface area (Å²) in [7, 11) is 0. The first-order chi connectivity index (χ1) is 36.2. The second kappa shape index (κ2) is 16.3. The minimum absolute atomic E-state index is 0.454. The summed E-state index contributed by atoms with van der Waals surface area (Å²) in [5.74, 6) is 1.47. The molecule has 1 aromatic heterocycles. The van der Waals surface area contributed by atoms with E-state index in [1.807, 2.05) is 12.1 Å². The van der Waals surface area contributed by atoms with Gasteiger partial charge in [0.2, 0.25) is 0 Å². The van der Waals surface area contributed by atoms with E-state index in [4.69, 9.17) is 15.0 Å². The van der Waals surface area contributed by atoms with Crippen LogP contribution in [0.5, 0.6) is 0 Å². The fraction of sp³-hybridized carbons (Fsp3) is 0.0441. The van der Waals surface area contributed by atoms with Crippen LogP contribution in [-0.4, -0.2) is 16.7 Å². The third-order valence-corrected chi connectivity index (χ3v) is 15.6. The normalized spacial score (nSPS) is 15.4. The number of pyridine rings is 1. The second-order valence-electron chi connectivity index (χ2n) is 19.4. The Hall–Kier alpha value is -9.45. The lowest BCUT2D eigenvalue weighted by Crippen LogP contribution is -2.33. The highest BCUT2D eigenvalue weighted by Gasteiger charge is 2.52. The molecule has 73 heavy (non-hydrogen) atoms. The van der Waals surface area contributed by atoms with Gasteiger partial charge in [0.1, 0.15) is 12.0 Å². The molecular formula is C68H45N5. The van der Waals surface area contributed by atoms with Crippen molar-refractivity contribution in [2.24, 2.45) is 9.98 Å². The van der Waals surface area contributed by atoms with E-state index in [1.54, 1.807) is 0 Å². The van der Waals surface area contributed by atoms with Crippen molar-refractivity contribution in [1.29, 1.82) is 0 Å². The number of hydrogen-bond acceptors (Lipinski definition) is 5. The Labute approximate surface area is 423 Å². The molecule has 2 N–H and O–H groups in total. The summed E-state index contributed by atoms with van der Waals surface area (Å²) < 4.78 is 0. The summed E-state index contributed by atoms with van der Waals surface area (Å²) in [6.07, 6.45) is 3.80. The molecule has 11 aromatic rings. The number of benzene rings is 10. The van der Waals surface area contributed by atoms with Gasteiger partial charge in [-0.3, -0.25) is 0 Å². The largest absolute Gasteiger partial charge is 0.387 e. The number of aromatic nitrogens is 1. The van der Waals surface area contributed by atoms with E-state index in [9.17, 15) is 0 Å². The first-order valence-corrected chi connectivity index (χ1v) is 25.2. The van der Waals surface area contributed by atoms with Crippen LogP contribution >= 0.6 is 0 Å². The minimum atomic E-state index is -0.468. The maximum atomic E-state index is 5.46. The molecule has 2 aliphatic heterocycles. The predicted octanol–water partition coefficient (Wildman–Crippen LogP) is 15.3. The molecule has 1 spiro atoms. The lowest BCUT2D eigenvalue weighted by atomic mass is 9.70. The van der Waals surface area contributed by atoms with Crippen LogP contribution in [0.15, 0.2) is 247 Å². The molecule has 15 rings (SSSR count). The Morgan fingerprint density at radius 1 is 0.438 bits per heavy atom. The molecule has 1 unspecified atom stereocenters. The maximum absolute atomic E-state index is 5.46. The van der Waals surface area contributed by atoms with Gasteiger partial charge in [0.15, 0.2) is 5.84 Å². The number of amidine groups is 2. The average molecular weight is 932 g/mol. The molecule has 5 heteroatoms. The van der Waals surface area contributed by atoms with Crippen LogP contribution in [0, 0.1) is 0 Å². The lowest BCUT2D eigenvalue weighted by molar-refractivity contribution is 0.674. The molecule has 0 radical (unpaired) electrons. The van der Waals surface area contributed by atoms with Gasteiger partial charge >= 0.3 is 0 Å². The Bertz CT molecular complexity index is 4140. The van der Waals surface area contributed by atoms with Crippen LogP contribution in [0.1, 0.15) is 56.2 Å². The predicted molar refractivity (Wildman–Crippen MR) is 300 cm³/mol.